The molecule has 0 N–H and O–H groups in total. The molecular weight excluding hydrogens is 178 g/mol. The van der Waals surface area contributed by atoms with Crippen LogP contribution >= 0.6 is 13.5 Å². The zero-order valence-electron chi connectivity index (χ0n) is 6.99. The van der Waals surface area contributed by atoms with E-state index < -0.39 is 0 Å². The lowest BCUT2D eigenvalue weighted by Crippen LogP contribution is -1.77. The summed E-state index contributed by atoms with van der Waals surface area (Å²) in [6, 6.07) is 15.8. The van der Waals surface area contributed by atoms with Gasteiger partial charge in [0.25, 0.3) is 0 Å². The molecule has 0 spiro atoms. The second-order valence-electron chi connectivity index (χ2n) is 2.64. The molecule has 0 saturated carbocycles. The Balaban J connectivity index is 0.000000845. The second kappa shape index (κ2) is 3.97. The maximum Gasteiger partial charge on any atom is 0.0998 e. The van der Waals surface area contributed by atoms with Gasteiger partial charge in [0.2, 0.25) is 0 Å². The summed E-state index contributed by atoms with van der Waals surface area (Å²) < 4.78 is 0. The number of hydrogen-bond donors (Lipinski definition) is 0. The summed E-state index contributed by atoms with van der Waals surface area (Å²) in [6.45, 7) is 0. The van der Waals surface area contributed by atoms with Crippen LogP contribution in [-0.2, 0) is 0 Å². The van der Waals surface area contributed by atoms with Crippen LogP contribution in [0.3, 0.4) is 0 Å². The van der Waals surface area contributed by atoms with Crippen LogP contribution in [0.15, 0.2) is 42.5 Å². The summed E-state index contributed by atoms with van der Waals surface area (Å²) in [6.07, 6.45) is 0. The quantitative estimate of drug-likeness (QED) is 0.622. The summed E-state index contributed by atoms with van der Waals surface area (Å²) >= 11 is 0. The van der Waals surface area contributed by atoms with Crippen LogP contribution < -0.4 is 0 Å². The maximum atomic E-state index is 8.79. The fourth-order valence-corrected chi connectivity index (χ4v) is 1.32. The van der Waals surface area contributed by atoms with Crippen LogP contribution in [0.2, 0.25) is 0 Å². The van der Waals surface area contributed by atoms with Gasteiger partial charge in [0.1, 0.15) is 0 Å². The molecule has 0 saturated heterocycles. The van der Waals surface area contributed by atoms with E-state index in [2.05, 4.69) is 6.07 Å². The molecule has 0 amide bonds. The lowest BCUT2D eigenvalue weighted by atomic mass is 10.1. The van der Waals surface area contributed by atoms with Gasteiger partial charge in [-0.15, -0.1) is 0 Å². The third kappa shape index (κ3) is 1.66. The number of nitrogens with zero attached hydrogens (tertiary/aromatic N) is 1. The van der Waals surface area contributed by atoms with Crippen molar-refractivity contribution in [3.8, 4) is 6.07 Å². The van der Waals surface area contributed by atoms with Crippen LogP contribution in [0.5, 0.6) is 0 Å². The molecule has 64 valence electrons. The summed E-state index contributed by atoms with van der Waals surface area (Å²) in [5.41, 5.74) is 0.744. The Morgan fingerprint density at radius 2 is 1.62 bits per heavy atom. The zero-order valence-corrected chi connectivity index (χ0v) is 7.99. The SMILES string of the molecule is N#Cc1cccc2ccccc12.S. The molecule has 2 aromatic rings. The van der Waals surface area contributed by atoms with E-state index >= 15 is 0 Å². The normalized spacial score (nSPS) is 8.85. The van der Waals surface area contributed by atoms with E-state index in [1.807, 2.05) is 42.5 Å². The molecule has 1 nitrogen and oxygen atoms in total. The Morgan fingerprint density at radius 3 is 2.38 bits per heavy atom. The highest BCUT2D eigenvalue weighted by Crippen LogP contribution is 2.16. The van der Waals surface area contributed by atoms with Gasteiger partial charge < -0.3 is 0 Å². The fraction of sp³-hybridized carbons (Fsp3) is 0. The predicted molar refractivity (Wildman–Crippen MR) is 59.0 cm³/mol. The molecule has 13 heavy (non-hydrogen) atoms. The largest absolute Gasteiger partial charge is 0.197 e. The molecule has 0 atom stereocenters. The van der Waals surface area contributed by atoms with E-state index in [0.717, 1.165) is 16.3 Å². The van der Waals surface area contributed by atoms with E-state index in [0.29, 0.717) is 0 Å². The molecule has 2 aromatic carbocycles. The monoisotopic (exact) mass is 187 g/mol. The molecular formula is C11H9NS. The van der Waals surface area contributed by atoms with Crippen molar-refractivity contribution in [1.29, 1.82) is 5.26 Å². The van der Waals surface area contributed by atoms with E-state index in [1.54, 1.807) is 0 Å². The molecule has 0 unspecified atom stereocenters. The highest BCUT2D eigenvalue weighted by atomic mass is 32.1. The van der Waals surface area contributed by atoms with Gasteiger partial charge in [-0.3, -0.25) is 0 Å². The van der Waals surface area contributed by atoms with Gasteiger partial charge in [0, 0.05) is 0 Å². The summed E-state index contributed by atoms with van der Waals surface area (Å²) in [4.78, 5) is 0. The molecule has 0 fully saturated rings. The van der Waals surface area contributed by atoms with Gasteiger partial charge in [-0.1, -0.05) is 36.4 Å². The van der Waals surface area contributed by atoms with E-state index in [1.165, 1.54) is 0 Å². The van der Waals surface area contributed by atoms with Crippen molar-refractivity contribution in [3.63, 3.8) is 0 Å². The molecule has 0 heterocycles. The average Bonchev–Trinajstić information content (AvgIpc) is 2.17. The van der Waals surface area contributed by atoms with Crippen LogP contribution in [0.4, 0.5) is 0 Å². The van der Waals surface area contributed by atoms with Crippen LogP contribution in [0.25, 0.3) is 10.8 Å². The zero-order chi connectivity index (χ0) is 8.39. The van der Waals surface area contributed by atoms with Crippen molar-refractivity contribution < 1.29 is 0 Å². The number of nitriles is 1. The van der Waals surface area contributed by atoms with Crippen molar-refractivity contribution in [3.05, 3.63) is 48.0 Å². The Labute approximate surface area is 84.1 Å². The summed E-state index contributed by atoms with van der Waals surface area (Å²) in [5, 5.41) is 10.9. The first-order chi connectivity index (χ1) is 5.92. The standard InChI is InChI=1S/C11H7N.H2S/c12-8-10-6-3-5-9-4-1-2-7-11(9)10;/h1-7H;1H2. The average molecular weight is 187 g/mol. The molecule has 0 aliphatic carbocycles. The molecule has 2 rings (SSSR count). The third-order valence-electron chi connectivity index (χ3n) is 1.91. The number of hydrogen-bond acceptors (Lipinski definition) is 1. The van der Waals surface area contributed by atoms with Crippen LogP contribution in [0.1, 0.15) is 5.56 Å². The molecule has 0 radical (unpaired) electrons. The van der Waals surface area contributed by atoms with E-state index in [4.69, 9.17) is 5.26 Å². The van der Waals surface area contributed by atoms with Gasteiger partial charge in [0.15, 0.2) is 0 Å². The van der Waals surface area contributed by atoms with Gasteiger partial charge in [-0.2, -0.15) is 18.8 Å². The topological polar surface area (TPSA) is 23.8 Å². The second-order valence-corrected chi connectivity index (χ2v) is 2.64. The van der Waals surface area contributed by atoms with E-state index in [-0.39, 0.29) is 13.5 Å². The van der Waals surface area contributed by atoms with Crippen molar-refractivity contribution in [2.45, 2.75) is 0 Å². The highest BCUT2D eigenvalue weighted by Gasteiger charge is 1.96. The smallest absolute Gasteiger partial charge is 0.0998 e. The summed E-state index contributed by atoms with van der Waals surface area (Å²) in [5.74, 6) is 0. The first-order valence-corrected chi connectivity index (χ1v) is 3.79. The van der Waals surface area contributed by atoms with Gasteiger partial charge in [0.05, 0.1) is 11.6 Å². The van der Waals surface area contributed by atoms with Gasteiger partial charge in [-0.05, 0) is 16.8 Å². The molecule has 0 bridgehead atoms. The third-order valence-corrected chi connectivity index (χ3v) is 1.91. The van der Waals surface area contributed by atoms with Crippen molar-refractivity contribution >= 4 is 24.3 Å². The molecule has 0 aliphatic heterocycles. The first-order valence-electron chi connectivity index (χ1n) is 3.79. The summed E-state index contributed by atoms with van der Waals surface area (Å²) in [7, 11) is 0. The van der Waals surface area contributed by atoms with Crippen LogP contribution in [-0.4, -0.2) is 0 Å². The lowest BCUT2D eigenvalue weighted by Gasteiger charge is -1.97. The van der Waals surface area contributed by atoms with Gasteiger partial charge >= 0.3 is 0 Å². The Hall–Kier alpha value is -1.46. The van der Waals surface area contributed by atoms with Crippen LogP contribution in [0, 0.1) is 11.3 Å². The molecule has 2 heteroatoms. The van der Waals surface area contributed by atoms with Gasteiger partial charge in [-0.25, -0.2) is 0 Å². The fourth-order valence-electron chi connectivity index (χ4n) is 1.32. The predicted octanol–water partition coefficient (Wildman–Crippen LogP) is 2.82. The molecule has 0 aliphatic rings. The molecule has 0 aromatic heterocycles. The van der Waals surface area contributed by atoms with Crippen molar-refractivity contribution in [1.82, 2.24) is 0 Å². The maximum absolute atomic E-state index is 8.79. The highest BCUT2D eigenvalue weighted by molar-refractivity contribution is 7.59. The number of fused-ring (bicyclic) bond motifs is 1. The van der Waals surface area contributed by atoms with Crippen molar-refractivity contribution in [2.24, 2.45) is 0 Å². The lowest BCUT2D eigenvalue weighted by molar-refractivity contribution is 1.50. The minimum Gasteiger partial charge on any atom is -0.197 e. The van der Waals surface area contributed by atoms with E-state index in [9.17, 15) is 0 Å². The Morgan fingerprint density at radius 1 is 0.923 bits per heavy atom. The van der Waals surface area contributed by atoms with Crippen molar-refractivity contribution in [2.75, 3.05) is 0 Å². The Bertz CT molecular complexity index is 452. The number of rotatable bonds is 0. The minimum atomic E-state index is 0. The first kappa shape index (κ1) is 9.63. The Kier molecular flexibility index (Phi) is 2.94. The minimum absolute atomic E-state index is 0. The number of benzene rings is 2.